The number of rotatable bonds is 2. The highest BCUT2D eigenvalue weighted by Crippen LogP contribution is 2.54. The third kappa shape index (κ3) is 1.78. The Kier molecular flexibility index (Phi) is 2.33. The van der Waals surface area contributed by atoms with Crippen LogP contribution < -0.4 is 5.32 Å². The first-order chi connectivity index (χ1) is 7.95. The molecule has 0 amide bonds. The lowest BCUT2D eigenvalue weighted by molar-refractivity contribution is -0.0531. The van der Waals surface area contributed by atoms with Crippen molar-refractivity contribution < 1.29 is 13.9 Å². The summed E-state index contributed by atoms with van der Waals surface area (Å²) in [6.07, 6.45) is 1.11. The van der Waals surface area contributed by atoms with Crippen molar-refractivity contribution in [1.29, 1.82) is 0 Å². The third-order valence-corrected chi connectivity index (χ3v) is 4.80. The number of fused-ring (bicyclic) bond motifs is 2. The number of aromatic nitrogens is 1. The Morgan fingerprint density at radius 2 is 2.24 bits per heavy atom. The van der Waals surface area contributed by atoms with E-state index in [1.54, 1.807) is 6.92 Å². The fourth-order valence-electron chi connectivity index (χ4n) is 3.00. The minimum Gasteiger partial charge on any atom is -0.492 e. The van der Waals surface area contributed by atoms with E-state index in [9.17, 15) is 13.9 Å². The number of hydrogen-bond acceptors (Lipinski definition) is 4. The van der Waals surface area contributed by atoms with Gasteiger partial charge in [-0.15, -0.1) is 0 Å². The quantitative estimate of drug-likeness (QED) is 0.859. The van der Waals surface area contributed by atoms with Crippen LogP contribution in [0, 0.1) is 18.8 Å². The summed E-state index contributed by atoms with van der Waals surface area (Å²) in [4.78, 5) is 4.72. The van der Waals surface area contributed by atoms with Gasteiger partial charge in [-0.3, -0.25) is 0 Å². The maximum absolute atomic E-state index is 13.3. The van der Waals surface area contributed by atoms with Gasteiger partial charge >= 0.3 is 0 Å². The fraction of sp³-hybridized carbons (Fsp3) is 0.727. The normalized spacial score (nSPS) is 34.2. The predicted molar refractivity (Wildman–Crippen MR) is 61.7 cm³/mol. The molecule has 2 N–H and O–H groups in total. The average molecular weight is 260 g/mol. The molecule has 2 aliphatic carbocycles. The average Bonchev–Trinajstić information content (AvgIpc) is 2.81. The van der Waals surface area contributed by atoms with Gasteiger partial charge in [0.25, 0.3) is 5.92 Å². The molecule has 3 atom stereocenters. The lowest BCUT2D eigenvalue weighted by atomic mass is 9.92. The second-order valence-electron chi connectivity index (χ2n) is 5.04. The Balaban J connectivity index is 1.69. The molecule has 1 aromatic rings. The predicted octanol–water partition coefficient (Wildman–Crippen LogP) is 3.00. The van der Waals surface area contributed by atoms with Crippen LogP contribution in [0.15, 0.2) is 0 Å². The molecule has 1 heterocycles. The Morgan fingerprint density at radius 1 is 1.47 bits per heavy atom. The molecule has 2 aliphatic rings. The van der Waals surface area contributed by atoms with Crippen LogP contribution in [0.3, 0.4) is 0 Å². The van der Waals surface area contributed by atoms with Crippen LogP contribution >= 0.6 is 11.3 Å². The monoisotopic (exact) mass is 260 g/mol. The van der Waals surface area contributed by atoms with Crippen molar-refractivity contribution in [3.05, 3.63) is 4.88 Å². The Bertz CT molecular complexity index is 429. The zero-order valence-corrected chi connectivity index (χ0v) is 10.2. The summed E-state index contributed by atoms with van der Waals surface area (Å²) in [5.41, 5.74) is 0. The first kappa shape index (κ1) is 11.2. The van der Waals surface area contributed by atoms with Gasteiger partial charge in [-0.1, -0.05) is 11.3 Å². The van der Waals surface area contributed by atoms with E-state index in [2.05, 4.69) is 10.3 Å². The van der Waals surface area contributed by atoms with Gasteiger partial charge in [-0.2, -0.15) is 4.98 Å². The van der Waals surface area contributed by atoms with Gasteiger partial charge in [0.15, 0.2) is 5.13 Å². The second kappa shape index (κ2) is 3.54. The summed E-state index contributed by atoms with van der Waals surface area (Å²) in [5.74, 6) is -2.86. The summed E-state index contributed by atoms with van der Waals surface area (Å²) < 4.78 is 26.7. The molecule has 2 saturated carbocycles. The number of thiazole rings is 1. The molecule has 2 unspecified atom stereocenters. The Hall–Kier alpha value is -0.910. The standard InChI is InChI=1S/C11H14F2N2OS/c1-5-9(16)15-10(17-5)14-8-3-7-2-6(8)4-11(7,12)13/h6-8,16H,2-4H2,1H3,(H,14,15)/t6?,7?,8-/m0/s1. The van der Waals surface area contributed by atoms with E-state index in [1.807, 2.05) is 0 Å². The van der Waals surface area contributed by atoms with Gasteiger partial charge in [-0.25, -0.2) is 8.78 Å². The molecule has 1 aromatic heterocycles. The number of nitrogens with zero attached hydrogens (tertiary/aromatic N) is 1. The number of nitrogens with one attached hydrogen (secondary N) is 1. The molecule has 0 saturated heterocycles. The summed E-state index contributed by atoms with van der Waals surface area (Å²) in [5, 5.41) is 13.2. The van der Waals surface area contributed by atoms with Crippen molar-refractivity contribution in [3.8, 4) is 5.88 Å². The number of halogens is 2. The molecule has 0 aromatic carbocycles. The van der Waals surface area contributed by atoms with E-state index < -0.39 is 11.8 Å². The van der Waals surface area contributed by atoms with E-state index in [1.165, 1.54) is 11.3 Å². The minimum absolute atomic E-state index is 0.00826. The molecule has 2 fully saturated rings. The van der Waals surface area contributed by atoms with Gasteiger partial charge in [-0.05, 0) is 25.7 Å². The molecule has 3 rings (SSSR count). The first-order valence-electron chi connectivity index (χ1n) is 5.76. The van der Waals surface area contributed by atoms with E-state index in [-0.39, 0.29) is 24.3 Å². The van der Waals surface area contributed by atoms with Crippen LogP contribution in [0.1, 0.15) is 24.1 Å². The van der Waals surface area contributed by atoms with Gasteiger partial charge in [0, 0.05) is 18.4 Å². The Morgan fingerprint density at radius 3 is 2.71 bits per heavy atom. The van der Waals surface area contributed by atoms with Crippen LogP contribution in [-0.2, 0) is 0 Å². The lowest BCUT2D eigenvalue weighted by Gasteiger charge is -2.28. The van der Waals surface area contributed by atoms with E-state index in [0.29, 0.717) is 18.0 Å². The van der Waals surface area contributed by atoms with E-state index >= 15 is 0 Å². The molecule has 17 heavy (non-hydrogen) atoms. The zero-order valence-electron chi connectivity index (χ0n) is 9.41. The maximum atomic E-state index is 13.3. The van der Waals surface area contributed by atoms with Crippen molar-refractivity contribution in [3.63, 3.8) is 0 Å². The zero-order chi connectivity index (χ0) is 12.2. The van der Waals surface area contributed by atoms with Crippen LogP contribution in [0.4, 0.5) is 13.9 Å². The molecule has 6 heteroatoms. The van der Waals surface area contributed by atoms with Crippen LogP contribution in [0.2, 0.25) is 0 Å². The van der Waals surface area contributed by atoms with Gasteiger partial charge < -0.3 is 10.4 Å². The highest BCUT2D eigenvalue weighted by molar-refractivity contribution is 7.15. The molecule has 0 spiro atoms. The number of aryl methyl sites for hydroxylation is 1. The maximum Gasteiger partial charge on any atom is 0.251 e. The van der Waals surface area contributed by atoms with Crippen LogP contribution in [-0.4, -0.2) is 22.1 Å². The van der Waals surface area contributed by atoms with Crippen molar-refractivity contribution in [2.24, 2.45) is 11.8 Å². The van der Waals surface area contributed by atoms with Crippen molar-refractivity contribution in [1.82, 2.24) is 4.98 Å². The van der Waals surface area contributed by atoms with Crippen molar-refractivity contribution in [2.75, 3.05) is 5.32 Å². The Labute approximate surface area is 102 Å². The summed E-state index contributed by atoms with van der Waals surface area (Å²) in [7, 11) is 0. The molecular formula is C11H14F2N2OS. The van der Waals surface area contributed by atoms with E-state index in [4.69, 9.17) is 0 Å². The number of hydrogen-bond donors (Lipinski definition) is 2. The smallest absolute Gasteiger partial charge is 0.251 e. The second-order valence-corrected chi connectivity index (χ2v) is 6.25. The third-order valence-electron chi connectivity index (χ3n) is 3.91. The number of aromatic hydroxyl groups is 1. The van der Waals surface area contributed by atoms with Crippen molar-refractivity contribution in [2.45, 2.75) is 38.2 Å². The number of anilines is 1. The van der Waals surface area contributed by atoms with E-state index in [0.717, 1.165) is 4.88 Å². The fourth-order valence-corrected chi connectivity index (χ4v) is 3.77. The summed E-state index contributed by atoms with van der Waals surface area (Å²) >= 11 is 1.37. The van der Waals surface area contributed by atoms with Crippen LogP contribution in [0.5, 0.6) is 5.88 Å². The molecule has 94 valence electrons. The lowest BCUT2D eigenvalue weighted by Crippen LogP contribution is -2.34. The van der Waals surface area contributed by atoms with Gasteiger partial charge in [0.05, 0.1) is 4.88 Å². The highest BCUT2D eigenvalue weighted by Gasteiger charge is 2.56. The van der Waals surface area contributed by atoms with Gasteiger partial charge in [0.1, 0.15) is 0 Å². The van der Waals surface area contributed by atoms with Gasteiger partial charge in [0.2, 0.25) is 5.88 Å². The topological polar surface area (TPSA) is 45.2 Å². The largest absolute Gasteiger partial charge is 0.492 e. The summed E-state index contributed by atoms with van der Waals surface area (Å²) in [6.45, 7) is 1.78. The first-order valence-corrected chi connectivity index (χ1v) is 6.58. The molecule has 0 aliphatic heterocycles. The highest BCUT2D eigenvalue weighted by atomic mass is 32.1. The van der Waals surface area contributed by atoms with Crippen molar-refractivity contribution >= 4 is 16.5 Å². The van der Waals surface area contributed by atoms with Crippen LogP contribution in [0.25, 0.3) is 0 Å². The SMILES string of the molecule is Cc1sc(N[C@H]2CC3CC2CC3(F)F)nc1O. The summed E-state index contributed by atoms with van der Waals surface area (Å²) in [6, 6.07) is 0.0876. The minimum atomic E-state index is -2.47. The molecule has 2 bridgehead atoms. The molecule has 3 nitrogen and oxygen atoms in total. The number of alkyl halides is 2. The molecule has 0 radical (unpaired) electrons. The molecular weight excluding hydrogens is 246 g/mol.